The fourth-order valence-electron chi connectivity index (χ4n) is 5.42. The van der Waals surface area contributed by atoms with Crippen LogP contribution in [0.3, 0.4) is 0 Å². The molecular weight excluding hydrogens is 687 g/mol. The maximum atomic E-state index is 14.3. The van der Waals surface area contributed by atoms with Crippen LogP contribution in [0, 0.1) is 0 Å². The molecule has 244 valence electrons. The van der Waals surface area contributed by atoms with Crippen molar-refractivity contribution in [3.8, 4) is 11.5 Å². The van der Waals surface area contributed by atoms with Crippen molar-refractivity contribution < 1.29 is 19.0 Å². The Hall–Kier alpha value is -4.28. The number of hydrogen-bond acceptors (Lipinski definition) is 8. The third-order valence-electron chi connectivity index (χ3n) is 7.68. The number of fused-ring (bicyclic) bond motifs is 1. The maximum Gasteiger partial charge on any atom is 0.338 e. The van der Waals surface area contributed by atoms with E-state index >= 15 is 0 Å². The molecular formula is C37H30Cl2N2O5S2. The quantitative estimate of drug-likeness (QED) is 0.110. The zero-order valence-electron chi connectivity index (χ0n) is 26.2. The number of hydrogen-bond donors (Lipinski definition) is 0. The van der Waals surface area contributed by atoms with Gasteiger partial charge in [-0.1, -0.05) is 95.2 Å². The SMILES string of the molecule is CCOC(=O)C1=C(c2ccccc2)N=c2s/c(=C\c3cc(Cl)c(OCc4ccccc4Cl)c(OC)c3)c(=O)n2[C@@H]1c1ccc(SC)cc1. The number of thioether (sulfide) groups is 1. The molecule has 7 nitrogen and oxygen atoms in total. The van der Waals surface area contributed by atoms with Crippen molar-refractivity contribution in [3.05, 3.63) is 149 Å². The van der Waals surface area contributed by atoms with Gasteiger partial charge >= 0.3 is 5.97 Å². The molecule has 0 bridgehead atoms. The number of methoxy groups -OCH3 is 1. The molecule has 1 atom stereocenters. The molecule has 0 N–H and O–H groups in total. The van der Waals surface area contributed by atoms with Gasteiger partial charge in [-0.05, 0) is 60.7 Å². The van der Waals surface area contributed by atoms with E-state index in [-0.39, 0.29) is 18.8 Å². The van der Waals surface area contributed by atoms with E-state index in [4.69, 9.17) is 42.4 Å². The maximum absolute atomic E-state index is 14.3. The molecule has 2 heterocycles. The van der Waals surface area contributed by atoms with E-state index in [9.17, 15) is 9.59 Å². The van der Waals surface area contributed by atoms with Crippen molar-refractivity contribution in [2.75, 3.05) is 20.0 Å². The molecule has 0 amide bonds. The Morgan fingerprint density at radius 3 is 2.42 bits per heavy atom. The van der Waals surface area contributed by atoms with Crippen molar-refractivity contribution in [2.24, 2.45) is 4.99 Å². The summed E-state index contributed by atoms with van der Waals surface area (Å²) in [6.45, 7) is 2.12. The summed E-state index contributed by atoms with van der Waals surface area (Å²) in [5.74, 6) is 0.228. The second-order valence-electron chi connectivity index (χ2n) is 10.6. The highest BCUT2D eigenvalue weighted by atomic mass is 35.5. The number of aromatic nitrogens is 1. The van der Waals surface area contributed by atoms with E-state index < -0.39 is 12.0 Å². The minimum absolute atomic E-state index is 0.174. The van der Waals surface area contributed by atoms with Gasteiger partial charge < -0.3 is 14.2 Å². The number of rotatable bonds is 10. The average molecular weight is 718 g/mol. The molecule has 0 fully saturated rings. The first kappa shape index (κ1) is 33.6. The van der Waals surface area contributed by atoms with Crippen molar-refractivity contribution in [2.45, 2.75) is 24.5 Å². The second-order valence-corrected chi connectivity index (χ2v) is 13.3. The molecule has 0 aliphatic carbocycles. The molecule has 6 rings (SSSR count). The van der Waals surface area contributed by atoms with Crippen LogP contribution < -0.4 is 24.4 Å². The van der Waals surface area contributed by atoms with Gasteiger partial charge in [0.1, 0.15) is 6.61 Å². The highest BCUT2D eigenvalue weighted by Gasteiger charge is 2.35. The molecule has 48 heavy (non-hydrogen) atoms. The zero-order valence-corrected chi connectivity index (χ0v) is 29.4. The summed E-state index contributed by atoms with van der Waals surface area (Å²) < 4.78 is 19.2. The standard InChI is InChI=1S/C37H30Cl2N2O5S2/c1-4-45-36(43)31-32(23-10-6-5-7-11-23)40-37-41(33(31)24-14-16-26(47-3)17-15-24)35(42)30(48-37)20-22-18-28(39)34(29(19-22)44-2)46-21-25-12-8-9-13-27(25)38/h5-20,33H,4,21H2,1-3H3/b30-20-/t33-/m1/s1. The van der Waals surface area contributed by atoms with Crippen LogP contribution in [0.15, 0.2) is 111 Å². The molecule has 0 unspecified atom stereocenters. The summed E-state index contributed by atoms with van der Waals surface area (Å²) in [6, 6.07) is 27.4. The van der Waals surface area contributed by atoms with Gasteiger partial charge in [-0.2, -0.15) is 0 Å². The lowest BCUT2D eigenvalue weighted by Crippen LogP contribution is -2.40. The molecule has 1 aromatic heterocycles. The summed E-state index contributed by atoms with van der Waals surface area (Å²) >= 11 is 15.9. The van der Waals surface area contributed by atoms with E-state index in [1.165, 1.54) is 18.4 Å². The van der Waals surface area contributed by atoms with E-state index in [1.54, 1.807) is 47.5 Å². The van der Waals surface area contributed by atoms with Gasteiger partial charge in [0, 0.05) is 21.0 Å². The predicted molar refractivity (Wildman–Crippen MR) is 193 cm³/mol. The molecule has 0 saturated heterocycles. The molecule has 5 aromatic rings. The van der Waals surface area contributed by atoms with Crippen LogP contribution >= 0.6 is 46.3 Å². The number of esters is 1. The Kier molecular flexibility index (Phi) is 10.4. The van der Waals surface area contributed by atoms with Gasteiger partial charge in [0.2, 0.25) is 0 Å². The molecule has 1 aliphatic heterocycles. The number of benzene rings is 4. The minimum atomic E-state index is -0.771. The topological polar surface area (TPSA) is 79.1 Å². The molecule has 4 aromatic carbocycles. The fraction of sp³-hybridized carbons (Fsp3) is 0.162. The van der Waals surface area contributed by atoms with Gasteiger partial charge in [0.15, 0.2) is 16.3 Å². The second kappa shape index (κ2) is 14.9. The van der Waals surface area contributed by atoms with E-state index in [0.29, 0.717) is 47.7 Å². The van der Waals surface area contributed by atoms with Gasteiger partial charge in [0.05, 0.1) is 40.6 Å². The van der Waals surface area contributed by atoms with Crippen LogP contribution in [-0.2, 0) is 16.1 Å². The number of nitrogens with zero attached hydrogens (tertiary/aromatic N) is 2. The van der Waals surface area contributed by atoms with Crippen LogP contribution in [0.1, 0.15) is 35.2 Å². The van der Waals surface area contributed by atoms with E-state index in [0.717, 1.165) is 21.6 Å². The molecule has 0 saturated carbocycles. The third kappa shape index (κ3) is 6.82. The number of halogens is 2. The molecule has 11 heteroatoms. The molecule has 1 aliphatic rings. The van der Waals surface area contributed by atoms with Gasteiger partial charge in [-0.15, -0.1) is 11.8 Å². The van der Waals surface area contributed by atoms with Crippen molar-refractivity contribution in [1.29, 1.82) is 0 Å². The zero-order chi connectivity index (χ0) is 33.8. The Labute approximate surface area is 295 Å². The Bertz CT molecular complexity index is 2200. The summed E-state index contributed by atoms with van der Waals surface area (Å²) in [6.07, 6.45) is 3.73. The van der Waals surface area contributed by atoms with E-state index in [1.807, 2.05) is 79.1 Å². The largest absolute Gasteiger partial charge is 0.493 e. The summed E-state index contributed by atoms with van der Waals surface area (Å²) in [5, 5.41) is 0.891. The first-order chi connectivity index (χ1) is 23.3. The number of ether oxygens (including phenoxy) is 3. The monoisotopic (exact) mass is 716 g/mol. The van der Waals surface area contributed by atoms with Gasteiger partial charge in [0.25, 0.3) is 5.56 Å². The van der Waals surface area contributed by atoms with Crippen LogP contribution in [-0.4, -0.2) is 30.5 Å². The van der Waals surface area contributed by atoms with Crippen LogP contribution in [0.25, 0.3) is 11.8 Å². The van der Waals surface area contributed by atoms with Gasteiger partial charge in [-0.25, -0.2) is 9.79 Å². The summed E-state index contributed by atoms with van der Waals surface area (Å²) in [7, 11) is 1.52. The Balaban J connectivity index is 1.50. The summed E-state index contributed by atoms with van der Waals surface area (Å²) in [4.78, 5) is 34.4. The van der Waals surface area contributed by atoms with Crippen molar-refractivity contribution in [1.82, 2.24) is 4.57 Å². The van der Waals surface area contributed by atoms with Crippen molar-refractivity contribution >= 4 is 64.0 Å². The number of carbonyl (C=O) groups is 1. The first-order valence-electron chi connectivity index (χ1n) is 15.0. The Morgan fingerprint density at radius 1 is 1.00 bits per heavy atom. The lowest BCUT2D eigenvalue weighted by Gasteiger charge is -2.26. The average Bonchev–Trinajstić information content (AvgIpc) is 3.41. The van der Waals surface area contributed by atoms with Crippen molar-refractivity contribution in [3.63, 3.8) is 0 Å². The highest BCUT2D eigenvalue weighted by molar-refractivity contribution is 7.98. The van der Waals surface area contributed by atoms with Gasteiger partial charge in [-0.3, -0.25) is 9.36 Å². The normalized spacial score (nSPS) is 14.4. The predicted octanol–water partition coefficient (Wildman–Crippen LogP) is 7.55. The minimum Gasteiger partial charge on any atom is -0.493 e. The first-order valence-corrected chi connectivity index (χ1v) is 17.8. The number of thiazole rings is 1. The smallest absolute Gasteiger partial charge is 0.338 e. The lowest BCUT2D eigenvalue weighted by molar-refractivity contribution is -0.138. The summed E-state index contributed by atoms with van der Waals surface area (Å²) in [5.41, 5.74) is 3.39. The molecule has 0 spiro atoms. The molecule has 0 radical (unpaired) electrons. The van der Waals surface area contributed by atoms with Crippen LogP contribution in [0.2, 0.25) is 10.0 Å². The highest BCUT2D eigenvalue weighted by Crippen LogP contribution is 2.38. The number of carbonyl (C=O) groups excluding carboxylic acids is 1. The lowest BCUT2D eigenvalue weighted by atomic mass is 9.93. The van der Waals surface area contributed by atoms with Crippen LogP contribution in [0.5, 0.6) is 11.5 Å². The van der Waals surface area contributed by atoms with E-state index in [2.05, 4.69) is 0 Å². The fourth-order valence-corrected chi connectivity index (χ4v) is 7.30. The Morgan fingerprint density at radius 2 is 1.73 bits per heavy atom. The third-order valence-corrected chi connectivity index (χ3v) is 10.1. The van der Waals surface area contributed by atoms with Crippen LogP contribution in [0.4, 0.5) is 0 Å².